The number of nitrogens with zero attached hydrogens (tertiary/aromatic N) is 2. The van der Waals surface area contributed by atoms with E-state index in [0.29, 0.717) is 29.5 Å². The van der Waals surface area contributed by atoms with Gasteiger partial charge in [0.2, 0.25) is 0 Å². The Bertz CT molecular complexity index is 602. The number of benzene rings is 1. The summed E-state index contributed by atoms with van der Waals surface area (Å²) in [6, 6.07) is 6.90. The molecule has 2 rings (SSSR count). The molecule has 1 saturated heterocycles. The van der Waals surface area contributed by atoms with Crippen molar-refractivity contribution in [2.45, 2.75) is 0 Å². The van der Waals surface area contributed by atoms with Gasteiger partial charge in [0.25, 0.3) is 5.91 Å². The molecule has 0 radical (unpaired) electrons. The van der Waals surface area contributed by atoms with Gasteiger partial charge in [0, 0.05) is 38.1 Å². The average molecular weight is 306 g/mol. The largest absolute Gasteiger partial charge is 0.399 e. The van der Waals surface area contributed by atoms with Gasteiger partial charge in [-0.05, 0) is 18.2 Å². The van der Waals surface area contributed by atoms with Crippen LogP contribution in [0.2, 0.25) is 5.02 Å². The molecule has 21 heavy (non-hydrogen) atoms. The highest BCUT2D eigenvalue weighted by atomic mass is 35.5. The first kappa shape index (κ1) is 15.2. The van der Waals surface area contributed by atoms with Crippen LogP contribution in [0.25, 0.3) is 0 Å². The Balaban J connectivity index is 2.09. The molecule has 0 aromatic heterocycles. The zero-order valence-corrected chi connectivity index (χ0v) is 12.2. The number of nitriles is 1. The summed E-state index contributed by atoms with van der Waals surface area (Å²) in [5.41, 5.74) is 6.79. The third-order valence-electron chi connectivity index (χ3n) is 3.12. The maximum absolute atomic E-state index is 12.2. The minimum Gasteiger partial charge on any atom is -0.399 e. The van der Waals surface area contributed by atoms with Crippen molar-refractivity contribution in [2.24, 2.45) is 0 Å². The molecule has 0 unspecified atom stereocenters. The second kappa shape index (κ2) is 6.97. The molecule has 1 aromatic carbocycles. The first-order chi connectivity index (χ1) is 10.1. The van der Waals surface area contributed by atoms with Crippen molar-refractivity contribution in [2.75, 3.05) is 37.2 Å². The first-order valence-corrected chi connectivity index (χ1v) is 6.91. The highest BCUT2D eigenvalue weighted by molar-refractivity contribution is 6.33. The molecule has 6 nitrogen and oxygen atoms in total. The molecule has 4 N–H and O–H groups in total. The minimum atomic E-state index is -0.280. The molecule has 110 valence electrons. The van der Waals surface area contributed by atoms with E-state index in [1.54, 1.807) is 23.1 Å². The highest BCUT2D eigenvalue weighted by Crippen LogP contribution is 2.24. The number of halogens is 1. The topological polar surface area (TPSA) is 94.2 Å². The Morgan fingerprint density at radius 1 is 1.48 bits per heavy atom. The predicted molar refractivity (Wildman–Crippen MR) is 82.6 cm³/mol. The van der Waals surface area contributed by atoms with Crippen LogP contribution >= 0.6 is 11.6 Å². The van der Waals surface area contributed by atoms with Crippen molar-refractivity contribution in [1.82, 2.24) is 10.2 Å². The predicted octanol–water partition coefficient (Wildman–Crippen LogP) is 1.17. The van der Waals surface area contributed by atoms with Crippen molar-refractivity contribution in [3.63, 3.8) is 0 Å². The van der Waals surface area contributed by atoms with Crippen LogP contribution in [0.1, 0.15) is 0 Å². The van der Waals surface area contributed by atoms with Crippen molar-refractivity contribution in [3.8, 4) is 6.07 Å². The van der Waals surface area contributed by atoms with Crippen molar-refractivity contribution in [1.29, 1.82) is 5.26 Å². The van der Waals surface area contributed by atoms with Crippen LogP contribution in [-0.2, 0) is 4.79 Å². The summed E-state index contributed by atoms with van der Waals surface area (Å²) in [6.45, 7) is 2.67. The number of piperazine rings is 1. The van der Waals surface area contributed by atoms with Gasteiger partial charge in [-0.2, -0.15) is 5.26 Å². The van der Waals surface area contributed by atoms with E-state index in [4.69, 9.17) is 22.6 Å². The van der Waals surface area contributed by atoms with Gasteiger partial charge in [-0.15, -0.1) is 0 Å². The third kappa shape index (κ3) is 3.88. The lowest BCUT2D eigenvalue weighted by atomic mass is 10.2. The monoisotopic (exact) mass is 305 g/mol. The van der Waals surface area contributed by atoms with Crippen LogP contribution in [0.15, 0.2) is 30.0 Å². The molecule has 1 amide bonds. The molecular formula is C14H16ClN5O. The number of hydrogen-bond donors (Lipinski definition) is 3. The standard InChI is InChI=1S/C14H16ClN5O/c15-12-7-11(17)1-2-13(12)19-9-10(8-16)14(21)20-5-3-18-4-6-20/h1-2,7,9,18-19H,3-6,17H2/b10-9-. The van der Waals surface area contributed by atoms with E-state index in [0.717, 1.165) is 13.1 Å². The Morgan fingerprint density at radius 2 is 2.19 bits per heavy atom. The normalized spacial score (nSPS) is 15.4. The quantitative estimate of drug-likeness (QED) is 0.443. The molecule has 1 aromatic rings. The molecule has 1 heterocycles. The summed E-state index contributed by atoms with van der Waals surface area (Å²) in [5, 5.41) is 15.6. The third-order valence-corrected chi connectivity index (χ3v) is 3.43. The van der Waals surface area contributed by atoms with E-state index < -0.39 is 0 Å². The van der Waals surface area contributed by atoms with Crippen LogP contribution in [0.5, 0.6) is 0 Å². The first-order valence-electron chi connectivity index (χ1n) is 6.53. The van der Waals surface area contributed by atoms with Gasteiger partial charge in [-0.1, -0.05) is 11.6 Å². The summed E-state index contributed by atoms with van der Waals surface area (Å²) in [6.07, 6.45) is 1.38. The number of nitrogens with one attached hydrogen (secondary N) is 2. The lowest BCUT2D eigenvalue weighted by molar-refractivity contribution is -0.127. The van der Waals surface area contributed by atoms with Gasteiger partial charge in [0.1, 0.15) is 11.6 Å². The molecule has 0 bridgehead atoms. The van der Waals surface area contributed by atoms with Crippen molar-refractivity contribution >= 4 is 28.9 Å². The van der Waals surface area contributed by atoms with E-state index in [1.165, 1.54) is 6.20 Å². The zero-order valence-electron chi connectivity index (χ0n) is 11.4. The molecule has 0 aliphatic carbocycles. The molecule has 1 aliphatic rings. The SMILES string of the molecule is N#C/C(=C/Nc1ccc(N)cc1Cl)C(=O)N1CCNCC1. The Kier molecular flexibility index (Phi) is 5.04. The van der Waals surface area contributed by atoms with Crippen LogP contribution in [0.3, 0.4) is 0 Å². The summed E-state index contributed by atoms with van der Waals surface area (Å²) >= 11 is 6.03. The highest BCUT2D eigenvalue weighted by Gasteiger charge is 2.19. The Hall–Kier alpha value is -2.23. The molecule has 7 heteroatoms. The van der Waals surface area contributed by atoms with Crippen molar-refractivity contribution < 1.29 is 4.79 Å². The van der Waals surface area contributed by atoms with E-state index in [1.807, 2.05) is 6.07 Å². The number of anilines is 2. The van der Waals surface area contributed by atoms with Crippen LogP contribution in [-0.4, -0.2) is 37.0 Å². The number of amides is 1. The summed E-state index contributed by atoms with van der Waals surface area (Å²) in [5.74, 6) is -0.280. The average Bonchev–Trinajstić information content (AvgIpc) is 2.50. The Labute approximate surface area is 128 Å². The smallest absolute Gasteiger partial charge is 0.266 e. The van der Waals surface area contributed by atoms with Crippen LogP contribution in [0, 0.1) is 11.3 Å². The van der Waals surface area contributed by atoms with E-state index in [-0.39, 0.29) is 11.5 Å². The molecule has 1 aliphatic heterocycles. The van der Waals surface area contributed by atoms with E-state index >= 15 is 0 Å². The fourth-order valence-electron chi connectivity index (χ4n) is 1.98. The van der Waals surface area contributed by atoms with E-state index in [9.17, 15) is 4.79 Å². The number of carbonyl (C=O) groups excluding carboxylic acids is 1. The fourth-order valence-corrected chi connectivity index (χ4v) is 2.22. The Morgan fingerprint density at radius 3 is 2.81 bits per heavy atom. The van der Waals surface area contributed by atoms with Gasteiger partial charge >= 0.3 is 0 Å². The zero-order chi connectivity index (χ0) is 15.2. The van der Waals surface area contributed by atoms with Gasteiger partial charge < -0.3 is 21.3 Å². The number of nitrogen functional groups attached to an aromatic ring is 1. The van der Waals surface area contributed by atoms with Gasteiger partial charge in [0.15, 0.2) is 0 Å². The number of carbonyl (C=O) groups is 1. The number of hydrogen-bond acceptors (Lipinski definition) is 5. The molecule has 1 fully saturated rings. The van der Waals surface area contributed by atoms with Gasteiger partial charge in [0.05, 0.1) is 10.7 Å². The molecule has 0 spiro atoms. The van der Waals surface area contributed by atoms with Crippen molar-refractivity contribution in [3.05, 3.63) is 35.0 Å². The molecule has 0 atom stereocenters. The van der Waals surface area contributed by atoms with Gasteiger partial charge in [-0.3, -0.25) is 4.79 Å². The number of rotatable bonds is 3. The molecular weight excluding hydrogens is 290 g/mol. The summed E-state index contributed by atoms with van der Waals surface area (Å²) in [7, 11) is 0. The fraction of sp³-hybridized carbons (Fsp3) is 0.286. The second-order valence-electron chi connectivity index (χ2n) is 4.60. The van der Waals surface area contributed by atoms with Crippen LogP contribution in [0.4, 0.5) is 11.4 Å². The lowest BCUT2D eigenvalue weighted by Gasteiger charge is -2.27. The number of nitrogens with two attached hydrogens (primary N) is 1. The molecule has 0 saturated carbocycles. The maximum atomic E-state index is 12.2. The lowest BCUT2D eigenvalue weighted by Crippen LogP contribution is -2.46. The van der Waals surface area contributed by atoms with Gasteiger partial charge in [-0.25, -0.2) is 0 Å². The summed E-state index contributed by atoms with van der Waals surface area (Å²) in [4.78, 5) is 13.9. The van der Waals surface area contributed by atoms with Crippen LogP contribution < -0.4 is 16.4 Å². The van der Waals surface area contributed by atoms with E-state index in [2.05, 4.69) is 10.6 Å². The minimum absolute atomic E-state index is 0.0461. The second-order valence-corrected chi connectivity index (χ2v) is 5.00. The maximum Gasteiger partial charge on any atom is 0.266 e. The summed E-state index contributed by atoms with van der Waals surface area (Å²) < 4.78 is 0.